The molecular weight excluding hydrogens is 396 g/mol. The van der Waals surface area contributed by atoms with Gasteiger partial charge in [0.15, 0.2) is 0 Å². The largest absolute Gasteiger partial charge is 0.463 e. The van der Waals surface area contributed by atoms with Crippen LogP contribution >= 0.6 is 0 Å². The molecule has 162 valence electrons. The first-order chi connectivity index (χ1) is 15.0. The molecule has 1 aromatic heterocycles. The Morgan fingerprint density at radius 3 is 2.13 bits per heavy atom. The van der Waals surface area contributed by atoms with Crippen LogP contribution in [-0.4, -0.2) is 30.3 Å². The van der Waals surface area contributed by atoms with E-state index in [-0.39, 0.29) is 13.2 Å². The third kappa shape index (κ3) is 4.94. The average molecular weight is 422 g/mol. The van der Waals surface area contributed by atoms with E-state index in [0.717, 1.165) is 5.56 Å². The summed E-state index contributed by atoms with van der Waals surface area (Å²) in [6.45, 7) is 7.40. The summed E-state index contributed by atoms with van der Waals surface area (Å²) in [4.78, 5) is 25.5. The Morgan fingerprint density at radius 2 is 1.58 bits per heavy atom. The zero-order valence-electron chi connectivity index (χ0n) is 18.1. The summed E-state index contributed by atoms with van der Waals surface area (Å²) < 4.78 is 16.1. The summed E-state index contributed by atoms with van der Waals surface area (Å²) in [7, 11) is 0. The fraction of sp³-hybridized carbons (Fsp3) is 0.292. The minimum atomic E-state index is -0.786. The van der Waals surface area contributed by atoms with Crippen molar-refractivity contribution in [3.8, 4) is 0 Å². The van der Waals surface area contributed by atoms with Gasteiger partial charge in [0, 0.05) is 17.5 Å². The number of carbonyl (C=O) groups is 2. The second kappa shape index (κ2) is 9.93. The van der Waals surface area contributed by atoms with E-state index in [1.807, 2.05) is 42.5 Å². The van der Waals surface area contributed by atoms with Crippen molar-refractivity contribution >= 4 is 24.1 Å². The number of dihydropyridines is 1. The molecule has 0 bridgehead atoms. The van der Waals surface area contributed by atoms with Crippen molar-refractivity contribution in [3.05, 3.63) is 76.0 Å². The number of esters is 2. The highest BCUT2D eigenvalue weighted by molar-refractivity contribution is 5.99. The molecule has 1 aliphatic rings. The Labute approximate surface area is 181 Å². The van der Waals surface area contributed by atoms with Crippen LogP contribution in [0.4, 0.5) is 0 Å². The lowest BCUT2D eigenvalue weighted by Gasteiger charge is -2.28. The number of rotatable bonds is 7. The van der Waals surface area contributed by atoms with Gasteiger partial charge >= 0.3 is 11.9 Å². The van der Waals surface area contributed by atoms with Crippen molar-refractivity contribution in [2.75, 3.05) is 13.2 Å². The molecule has 0 atom stereocenters. The minimum absolute atomic E-state index is 0.210. The summed E-state index contributed by atoms with van der Waals surface area (Å²) >= 11 is 0. The molecule has 7 heteroatoms. The zero-order valence-corrected chi connectivity index (χ0v) is 18.1. The number of hydrogen-bond donors (Lipinski definition) is 1. The highest BCUT2D eigenvalue weighted by atomic mass is 16.5. The molecule has 31 heavy (non-hydrogen) atoms. The van der Waals surface area contributed by atoms with Crippen LogP contribution in [0.1, 0.15) is 50.6 Å². The molecule has 0 saturated heterocycles. The van der Waals surface area contributed by atoms with Gasteiger partial charge in [0.2, 0.25) is 0 Å². The molecular formula is C24H26N2O5. The van der Waals surface area contributed by atoms with E-state index in [1.165, 1.54) is 0 Å². The first kappa shape index (κ1) is 22.1. The Balaban J connectivity index is 2.02. The third-order valence-corrected chi connectivity index (χ3v) is 4.83. The monoisotopic (exact) mass is 422 g/mol. The predicted octanol–water partition coefficient (Wildman–Crippen LogP) is 4.21. The molecule has 1 N–H and O–H groups in total. The van der Waals surface area contributed by atoms with Gasteiger partial charge in [0.05, 0.1) is 30.3 Å². The molecule has 1 aromatic carbocycles. The van der Waals surface area contributed by atoms with Crippen molar-refractivity contribution < 1.29 is 23.6 Å². The summed E-state index contributed by atoms with van der Waals surface area (Å²) in [5.74, 6) is -1.47. The summed E-state index contributed by atoms with van der Waals surface area (Å²) in [6.07, 6.45) is 3.72. The van der Waals surface area contributed by atoms with Crippen LogP contribution in [-0.2, 0) is 19.1 Å². The van der Waals surface area contributed by atoms with Gasteiger partial charge in [-0.25, -0.2) is 9.59 Å². The maximum atomic E-state index is 12.8. The van der Waals surface area contributed by atoms with Gasteiger partial charge < -0.3 is 19.3 Å². The first-order valence-corrected chi connectivity index (χ1v) is 10.2. The zero-order chi connectivity index (χ0) is 22.4. The van der Waals surface area contributed by atoms with E-state index in [0.29, 0.717) is 34.0 Å². The second-order valence-corrected chi connectivity index (χ2v) is 6.97. The van der Waals surface area contributed by atoms with E-state index < -0.39 is 17.9 Å². The van der Waals surface area contributed by atoms with Crippen molar-refractivity contribution in [3.63, 3.8) is 0 Å². The quantitative estimate of drug-likeness (QED) is 0.669. The highest BCUT2D eigenvalue weighted by Gasteiger charge is 2.40. The molecule has 0 saturated carbocycles. The fourth-order valence-electron chi connectivity index (χ4n) is 3.50. The minimum Gasteiger partial charge on any atom is -0.463 e. The molecule has 2 heterocycles. The molecule has 2 aromatic rings. The summed E-state index contributed by atoms with van der Waals surface area (Å²) in [5.41, 5.74) is 3.35. The second-order valence-electron chi connectivity index (χ2n) is 6.97. The topological polar surface area (TPSA) is 90.7 Å². The number of aromatic nitrogens is 1. The smallest absolute Gasteiger partial charge is 0.336 e. The first-order valence-electron chi connectivity index (χ1n) is 10.2. The van der Waals surface area contributed by atoms with Gasteiger partial charge in [0.25, 0.3) is 0 Å². The molecule has 3 rings (SSSR count). The molecule has 0 radical (unpaired) electrons. The van der Waals surface area contributed by atoms with Gasteiger partial charge in [-0.1, -0.05) is 41.6 Å². The number of nitrogens with one attached hydrogen (secondary N) is 1. The normalized spacial score (nSPS) is 14.7. The van der Waals surface area contributed by atoms with Crippen LogP contribution in [0.5, 0.6) is 0 Å². The number of allylic oxidation sites excluding steroid dienone is 2. The van der Waals surface area contributed by atoms with E-state index in [4.69, 9.17) is 14.0 Å². The lowest BCUT2D eigenvalue weighted by molar-refractivity contribution is -0.139. The number of hydrogen-bond acceptors (Lipinski definition) is 7. The molecule has 1 aliphatic heterocycles. The number of ether oxygens (including phenoxy) is 2. The molecule has 7 nitrogen and oxygen atoms in total. The Bertz CT molecular complexity index is 1010. The maximum Gasteiger partial charge on any atom is 0.336 e. The lowest BCUT2D eigenvalue weighted by atomic mass is 9.83. The van der Waals surface area contributed by atoms with Gasteiger partial charge in [-0.3, -0.25) is 0 Å². The molecule has 0 fully saturated rings. The van der Waals surface area contributed by atoms with Crippen LogP contribution in [0.2, 0.25) is 0 Å². The Hall–Kier alpha value is -3.61. The van der Waals surface area contributed by atoms with Gasteiger partial charge in [-0.15, -0.1) is 0 Å². The highest BCUT2D eigenvalue weighted by Crippen LogP contribution is 2.39. The fourth-order valence-corrected chi connectivity index (χ4v) is 3.50. The molecule has 0 unspecified atom stereocenters. The summed E-state index contributed by atoms with van der Waals surface area (Å²) in [5, 5.41) is 7.20. The molecule has 0 spiro atoms. The molecule has 0 aliphatic carbocycles. The maximum absolute atomic E-state index is 12.8. The van der Waals surface area contributed by atoms with E-state index in [1.54, 1.807) is 33.8 Å². The Morgan fingerprint density at radius 1 is 1.00 bits per heavy atom. The third-order valence-electron chi connectivity index (χ3n) is 4.83. The van der Waals surface area contributed by atoms with Gasteiger partial charge in [0.1, 0.15) is 11.5 Å². The number of benzene rings is 1. The van der Waals surface area contributed by atoms with E-state index in [9.17, 15) is 9.59 Å². The number of nitrogens with zero attached hydrogens (tertiary/aromatic N) is 1. The van der Waals surface area contributed by atoms with Crippen LogP contribution in [0.15, 0.2) is 63.5 Å². The average Bonchev–Trinajstić information content (AvgIpc) is 3.21. The molecule has 0 amide bonds. The van der Waals surface area contributed by atoms with Crippen molar-refractivity contribution in [1.29, 1.82) is 0 Å². The predicted molar refractivity (Wildman–Crippen MR) is 116 cm³/mol. The Kier molecular flexibility index (Phi) is 7.07. The van der Waals surface area contributed by atoms with Gasteiger partial charge in [-0.05, 0) is 39.3 Å². The van der Waals surface area contributed by atoms with Crippen molar-refractivity contribution in [2.24, 2.45) is 0 Å². The SMILES string of the molecule is CCOC(=O)C1=C(C)NC(C)=C(C(=O)OCC)C1c1cc(/C=C/c2ccccc2)no1. The van der Waals surface area contributed by atoms with Crippen molar-refractivity contribution in [2.45, 2.75) is 33.6 Å². The standard InChI is InChI=1S/C24H26N2O5/c1-5-29-23(27)20-15(3)25-16(4)21(24(28)30-6-2)22(20)19-14-18(26-31-19)13-12-17-10-8-7-9-11-17/h7-14,22,25H,5-6H2,1-4H3/b13-12+. The van der Waals surface area contributed by atoms with Crippen LogP contribution in [0.25, 0.3) is 12.2 Å². The van der Waals surface area contributed by atoms with Crippen molar-refractivity contribution in [1.82, 2.24) is 10.5 Å². The van der Waals surface area contributed by atoms with Crippen LogP contribution in [0, 0.1) is 0 Å². The van der Waals surface area contributed by atoms with E-state index in [2.05, 4.69) is 10.5 Å². The number of carbonyl (C=O) groups excluding carboxylic acids is 2. The lowest BCUT2D eigenvalue weighted by Crippen LogP contribution is -2.32. The van der Waals surface area contributed by atoms with E-state index >= 15 is 0 Å². The van der Waals surface area contributed by atoms with Gasteiger partial charge in [-0.2, -0.15) is 0 Å². The van der Waals surface area contributed by atoms with Crippen LogP contribution in [0.3, 0.4) is 0 Å². The summed E-state index contributed by atoms with van der Waals surface area (Å²) in [6, 6.07) is 11.5. The van der Waals surface area contributed by atoms with Crippen LogP contribution < -0.4 is 5.32 Å².